The number of carbonyl (C=O) groups is 2. The predicted octanol–water partition coefficient (Wildman–Crippen LogP) is 2.83. The summed E-state index contributed by atoms with van der Waals surface area (Å²) in [5.74, 6) is -0.0787. The van der Waals surface area contributed by atoms with Gasteiger partial charge in [-0.1, -0.05) is 25.1 Å². The molecule has 0 saturated heterocycles. The maximum Gasteiger partial charge on any atom is 0.250 e. The van der Waals surface area contributed by atoms with Crippen LogP contribution in [0.2, 0.25) is 0 Å². The van der Waals surface area contributed by atoms with E-state index in [0.717, 1.165) is 11.1 Å². The van der Waals surface area contributed by atoms with E-state index in [0.29, 0.717) is 17.2 Å². The molecule has 0 bridgehead atoms. The maximum atomic E-state index is 13.3. The van der Waals surface area contributed by atoms with Gasteiger partial charge in [-0.05, 0) is 49.2 Å². The Balaban J connectivity index is 2.48. The summed E-state index contributed by atoms with van der Waals surface area (Å²) in [6, 6.07) is 12.2. The van der Waals surface area contributed by atoms with E-state index < -0.39 is 29.9 Å². The van der Waals surface area contributed by atoms with Crippen molar-refractivity contribution >= 4 is 11.8 Å². The normalized spacial score (nSPS) is 13.7. The highest BCUT2D eigenvalue weighted by Gasteiger charge is 2.32. The van der Waals surface area contributed by atoms with Gasteiger partial charge in [0, 0.05) is 0 Å². The number of rotatable bonds is 11. The number of benzene rings is 2. The van der Waals surface area contributed by atoms with Gasteiger partial charge in [0.05, 0.1) is 39.4 Å². The van der Waals surface area contributed by atoms with E-state index >= 15 is 0 Å². The molecule has 0 aromatic heterocycles. The number of amides is 2. The third-order valence-corrected chi connectivity index (χ3v) is 5.06. The fourth-order valence-corrected chi connectivity index (χ4v) is 3.26. The summed E-state index contributed by atoms with van der Waals surface area (Å²) in [4.78, 5) is 25.1. The zero-order valence-electron chi connectivity index (χ0n) is 19.4. The molecule has 0 saturated carbocycles. The highest BCUT2D eigenvalue weighted by Crippen LogP contribution is 2.33. The Morgan fingerprint density at radius 2 is 1.44 bits per heavy atom. The topological polar surface area (TPSA) is 109 Å². The standard InChI is InChI=1S/C24H32N2O6/c1-14(2)32-22(15(3)23(25)27)24(28)26-21(16-7-10-18(29-4)11-8-16)17-9-12-19(30-5)20(13-17)31-6/h7-15,21-22H,1-6H3,(H2,25,27)(H,26,28). The Kier molecular flexibility index (Phi) is 8.90. The number of methoxy groups -OCH3 is 3. The van der Waals surface area contributed by atoms with Gasteiger partial charge in [0.25, 0.3) is 5.91 Å². The molecule has 2 aromatic rings. The van der Waals surface area contributed by atoms with Crippen LogP contribution < -0.4 is 25.3 Å². The molecule has 0 aliphatic heterocycles. The molecule has 8 nitrogen and oxygen atoms in total. The molecular formula is C24H32N2O6. The van der Waals surface area contributed by atoms with E-state index in [1.54, 1.807) is 54.2 Å². The number of nitrogens with two attached hydrogens (primary N) is 1. The molecule has 32 heavy (non-hydrogen) atoms. The molecule has 0 aliphatic carbocycles. The van der Waals surface area contributed by atoms with Gasteiger partial charge in [-0.3, -0.25) is 9.59 Å². The molecule has 0 spiro atoms. The second-order valence-electron chi connectivity index (χ2n) is 7.63. The molecule has 3 unspecified atom stereocenters. The Labute approximate surface area is 189 Å². The fourth-order valence-electron chi connectivity index (χ4n) is 3.26. The molecular weight excluding hydrogens is 412 g/mol. The van der Waals surface area contributed by atoms with Gasteiger partial charge in [0.1, 0.15) is 11.9 Å². The van der Waals surface area contributed by atoms with E-state index in [9.17, 15) is 9.59 Å². The van der Waals surface area contributed by atoms with Crippen molar-refractivity contribution in [2.75, 3.05) is 21.3 Å². The zero-order chi connectivity index (χ0) is 23.8. The monoisotopic (exact) mass is 444 g/mol. The van der Waals surface area contributed by atoms with E-state index in [4.69, 9.17) is 24.7 Å². The number of ether oxygens (including phenoxy) is 4. The quantitative estimate of drug-likeness (QED) is 0.552. The number of hydrogen-bond acceptors (Lipinski definition) is 6. The minimum Gasteiger partial charge on any atom is -0.497 e. The summed E-state index contributed by atoms with van der Waals surface area (Å²) in [5.41, 5.74) is 7.03. The molecule has 8 heteroatoms. The summed E-state index contributed by atoms with van der Waals surface area (Å²) in [7, 11) is 4.69. The third-order valence-electron chi connectivity index (χ3n) is 5.06. The molecule has 0 aliphatic rings. The lowest BCUT2D eigenvalue weighted by Crippen LogP contribution is -2.47. The first-order valence-electron chi connectivity index (χ1n) is 10.3. The molecule has 3 N–H and O–H groups in total. The number of nitrogens with one attached hydrogen (secondary N) is 1. The Morgan fingerprint density at radius 1 is 0.844 bits per heavy atom. The average Bonchev–Trinajstić information content (AvgIpc) is 2.79. The van der Waals surface area contributed by atoms with Crippen molar-refractivity contribution in [3.8, 4) is 17.2 Å². The van der Waals surface area contributed by atoms with Gasteiger partial charge in [-0.2, -0.15) is 0 Å². The molecule has 2 rings (SSSR count). The van der Waals surface area contributed by atoms with Crippen LogP contribution >= 0.6 is 0 Å². The van der Waals surface area contributed by atoms with E-state index in [1.165, 1.54) is 0 Å². The van der Waals surface area contributed by atoms with Crippen LogP contribution in [0.4, 0.5) is 0 Å². The van der Waals surface area contributed by atoms with Gasteiger partial charge < -0.3 is 30.0 Å². The van der Waals surface area contributed by atoms with Gasteiger partial charge >= 0.3 is 0 Å². The predicted molar refractivity (Wildman–Crippen MR) is 121 cm³/mol. The summed E-state index contributed by atoms with van der Waals surface area (Å²) >= 11 is 0. The lowest BCUT2D eigenvalue weighted by atomic mass is 9.96. The van der Waals surface area contributed by atoms with Crippen molar-refractivity contribution in [2.45, 2.75) is 39.0 Å². The Bertz CT molecular complexity index is 913. The van der Waals surface area contributed by atoms with Crippen LogP contribution in [0.15, 0.2) is 42.5 Å². The SMILES string of the molecule is COc1ccc(C(NC(=O)C(OC(C)C)C(C)C(N)=O)c2ccc(OC)c(OC)c2)cc1. The zero-order valence-corrected chi connectivity index (χ0v) is 19.4. The van der Waals surface area contributed by atoms with Crippen molar-refractivity contribution in [2.24, 2.45) is 11.7 Å². The molecule has 2 aromatic carbocycles. The Morgan fingerprint density at radius 3 is 1.94 bits per heavy atom. The largest absolute Gasteiger partial charge is 0.497 e. The molecule has 0 heterocycles. The van der Waals surface area contributed by atoms with Gasteiger partial charge in [0.15, 0.2) is 11.5 Å². The van der Waals surface area contributed by atoms with Crippen LogP contribution in [-0.4, -0.2) is 45.4 Å². The van der Waals surface area contributed by atoms with Crippen molar-refractivity contribution in [3.05, 3.63) is 53.6 Å². The maximum absolute atomic E-state index is 13.3. The second kappa shape index (κ2) is 11.4. The van der Waals surface area contributed by atoms with Crippen LogP contribution in [0, 0.1) is 5.92 Å². The number of carbonyl (C=O) groups excluding carboxylic acids is 2. The van der Waals surface area contributed by atoms with Crippen LogP contribution in [0.3, 0.4) is 0 Å². The lowest BCUT2D eigenvalue weighted by Gasteiger charge is -2.27. The molecule has 0 fully saturated rings. The minimum atomic E-state index is -1.03. The summed E-state index contributed by atoms with van der Waals surface area (Å²) in [6.45, 7) is 5.17. The average molecular weight is 445 g/mol. The fraction of sp³-hybridized carbons (Fsp3) is 0.417. The molecule has 174 valence electrons. The van der Waals surface area contributed by atoms with Crippen molar-refractivity contribution in [1.29, 1.82) is 0 Å². The van der Waals surface area contributed by atoms with Crippen LogP contribution in [0.1, 0.15) is 37.9 Å². The molecule has 0 radical (unpaired) electrons. The number of primary amides is 1. The van der Waals surface area contributed by atoms with Crippen molar-refractivity contribution in [3.63, 3.8) is 0 Å². The van der Waals surface area contributed by atoms with Gasteiger partial charge in [-0.25, -0.2) is 0 Å². The van der Waals surface area contributed by atoms with Crippen LogP contribution in [0.25, 0.3) is 0 Å². The van der Waals surface area contributed by atoms with Crippen molar-refractivity contribution < 1.29 is 28.5 Å². The first-order valence-corrected chi connectivity index (χ1v) is 10.3. The third kappa shape index (κ3) is 6.13. The highest BCUT2D eigenvalue weighted by molar-refractivity contribution is 5.89. The summed E-state index contributed by atoms with van der Waals surface area (Å²) in [5, 5.41) is 3.01. The van der Waals surface area contributed by atoms with E-state index in [1.807, 2.05) is 30.3 Å². The second-order valence-corrected chi connectivity index (χ2v) is 7.63. The highest BCUT2D eigenvalue weighted by atomic mass is 16.5. The number of hydrogen-bond donors (Lipinski definition) is 2. The Hall–Kier alpha value is -3.26. The summed E-state index contributed by atoms with van der Waals surface area (Å²) < 4.78 is 21.8. The van der Waals surface area contributed by atoms with E-state index in [2.05, 4.69) is 5.32 Å². The minimum absolute atomic E-state index is 0.270. The van der Waals surface area contributed by atoms with Crippen LogP contribution in [0.5, 0.6) is 17.2 Å². The molecule has 3 atom stereocenters. The summed E-state index contributed by atoms with van der Waals surface area (Å²) in [6.07, 6.45) is -1.30. The van der Waals surface area contributed by atoms with Gasteiger partial charge in [-0.15, -0.1) is 0 Å². The lowest BCUT2D eigenvalue weighted by molar-refractivity contribution is -0.145. The van der Waals surface area contributed by atoms with E-state index in [-0.39, 0.29) is 6.10 Å². The first kappa shape index (κ1) is 25.0. The van der Waals surface area contributed by atoms with Crippen molar-refractivity contribution in [1.82, 2.24) is 5.32 Å². The van der Waals surface area contributed by atoms with Gasteiger partial charge in [0.2, 0.25) is 5.91 Å². The molecule has 2 amide bonds. The first-order chi connectivity index (χ1) is 15.2. The smallest absolute Gasteiger partial charge is 0.250 e. The van der Waals surface area contributed by atoms with Crippen LogP contribution in [-0.2, 0) is 14.3 Å².